The van der Waals surface area contributed by atoms with Gasteiger partial charge in [-0.15, -0.1) is 0 Å². The number of allylic oxidation sites excluding steroid dienone is 8. The molecule has 6 heteroatoms. The van der Waals surface area contributed by atoms with E-state index in [-0.39, 0.29) is 31.1 Å². The molecule has 0 fully saturated rings. The first kappa shape index (κ1) is 58.4. The quantitative estimate of drug-likeness (QED) is 0.0199. The minimum Gasteiger partial charge on any atom is -0.462 e. The largest absolute Gasteiger partial charge is 0.462 e. The van der Waals surface area contributed by atoms with Crippen LogP contribution >= 0.6 is 0 Å². The Morgan fingerprint density at radius 3 is 1.00 bits per heavy atom. The summed E-state index contributed by atoms with van der Waals surface area (Å²) < 4.78 is 16.8. The first-order chi connectivity index (χ1) is 30.0. The molecule has 0 bridgehead atoms. The van der Waals surface area contributed by atoms with Crippen LogP contribution in [0.4, 0.5) is 0 Å². The zero-order valence-electron chi connectivity index (χ0n) is 40.4. The Morgan fingerprint density at radius 1 is 0.328 bits per heavy atom. The first-order valence-corrected chi connectivity index (χ1v) is 26.2. The number of hydrogen-bond donors (Lipinski definition) is 0. The van der Waals surface area contributed by atoms with E-state index in [1.807, 2.05) is 0 Å². The van der Waals surface area contributed by atoms with Crippen molar-refractivity contribution in [2.24, 2.45) is 0 Å². The van der Waals surface area contributed by atoms with Gasteiger partial charge in [0.1, 0.15) is 13.2 Å². The van der Waals surface area contributed by atoms with Gasteiger partial charge < -0.3 is 14.2 Å². The van der Waals surface area contributed by atoms with Crippen LogP contribution in [0, 0.1) is 0 Å². The number of carbonyl (C=O) groups is 3. The molecule has 61 heavy (non-hydrogen) atoms. The maximum absolute atomic E-state index is 12.8. The van der Waals surface area contributed by atoms with E-state index in [9.17, 15) is 14.4 Å². The van der Waals surface area contributed by atoms with Crippen molar-refractivity contribution < 1.29 is 28.6 Å². The van der Waals surface area contributed by atoms with Crippen molar-refractivity contribution in [3.05, 3.63) is 48.6 Å². The maximum atomic E-state index is 12.8. The molecule has 6 nitrogen and oxygen atoms in total. The van der Waals surface area contributed by atoms with Gasteiger partial charge in [0, 0.05) is 19.3 Å². The standard InChI is InChI=1S/C55H98O6/c1-4-7-10-13-16-19-22-24-26-27-29-30-33-36-39-42-45-48-54(57)60-51-52(50-59-53(56)47-44-41-38-35-32-21-18-15-12-9-6-3)61-55(58)49-46-43-40-37-34-31-28-25-23-20-17-14-11-8-5-2/h15,18,20-21,23-24,26,32,52H,4-14,16-17,19,22,25,27-31,33-51H2,1-3H3/b18-15-,23-20-,26-24-,32-21-. The molecule has 0 aromatic heterocycles. The molecule has 0 aromatic rings. The van der Waals surface area contributed by atoms with Crippen LogP contribution in [0.1, 0.15) is 265 Å². The zero-order chi connectivity index (χ0) is 44.4. The third-order valence-corrected chi connectivity index (χ3v) is 11.3. The van der Waals surface area contributed by atoms with E-state index in [2.05, 4.69) is 69.4 Å². The lowest BCUT2D eigenvalue weighted by molar-refractivity contribution is -0.167. The smallest absolute Gasteiger partial charge is 0.306 e. The average Bonchev–Trinajstić information content (AvgIpc) is 3.26. The summed E-state index contributed by atoms with van der Waals surface area (Å²) in [4.78, 5) is 37.9. The van der Waals surface area contributed by atoms with E-state index in [1.54, 1.807) is 0 Å². The minimum absolute atomic E-state index is 0.0848. The lowest BCUT2D eigenvalue weighted by Gasteiger charge is -2.18. The molecule has 0 aromatic carbocycles. The second-order valence-electron chi connectivity index (χ2n) is 17.5. The highest BCUT2D eigenvalue weighted by Crippen LogP contribution is 2.14. The van der Waals surface area contributed by atoms with Gasteiger partial charge >= 0.3 is 17.9 Å². The van der Waals surface area contributed by atoms with Crippen LogP contribution < -0.4 is 0 Å². The summed E-state index contributed by atoms with van der Waals surface area (Å²) in [6.07, 6.45) is 59.5. The van der Waals surface area contributed by atoms with Gasteiger partial charge in [-0.2, -0.15) is 0 Å². The first-order valence-electron chi connectivity index (χ1n) is 26.2. The molecule has 1 unspecified atom stereocenters. The second-order valence-corrected chi connectivity index (χ2v) is 17.5. The van der Waals surface area contributed by atoms with E-state index in [0.717, 1.165) is 70.6 Å². The van der Waals surface area contributed by atoms with Gasteiger partial charge in [-0.1, -0.05) is 204 Å². The van der Waals surface area contributed by atoms with Crippen LogP contribution in [0.2, 0.25) is 0 Å². The fourth-order valence-corrected chi connectivity index (χ4v) is 7.29. The molecular weight excluding hydrogens is 757 g/mol. The van der Waals surface area contributed by atoms with E-state index < -0.39 is 6.10 Å². The van der Waals surface area contributed by atoms with Crippen molar-refractivity contribution in [2.45, 2.75) is 271 Å². The van der Waals surface area contributed by atoms with Crippen LogP contribution in [0.25, 0.3) is 0 Å². The monoisotopic (exact) mass is 855 g/mol. The summed E-state index contributed by atoms with van der Waals surface area (Å²) in [7, 11) is 0. The average molecular weight is 855 g/mol. The maximum Gasteiger partial charge on any atom is 0.306 e. The topological polar surface area (TPSA) is 78.9 Å². The Bertz CT molecular complexity index is 1070. The van der Waals surface area contributed by atoms with Gasteiger partial charge in [0.15, 0.2) is 6.10 Å². The summed E-state index contributed by atoms with van der Waals surface area (Å²) in [5.41, 5.74) is 0. The summed E-state index contributed by atoms with van der Waals surface area (Å²) in [6, 6.07) is 0. The minimum atomic E-state index is -0.785. The highest BCUT2D eigenvalue weighted by molar-refractivity contribution is 5.71. The van der Waals surface area contributed by atoms with Crippen molar-refractivity contribution in [1.82, 2.24) is 0 Å². The van der Waals surface area contributed by atoms with Crippen LogP contribution in [0.5, 0.6) is 0 Å². The van der Waals surface area contributed by atoms with Gasteiger partial charge in [-0.05, 0) is 89.9 Å². The predicted octanol–water partition coefficient (Wildman–Crippen LogP) is 17.1. The van der Waals surface area contributed by atoms with Gasteiger partial charge in [-0.25, -0.2) is 0 Å². The van der Waals surface area contributed by atoms with Crippen molar-refractivity contribution in [3.8, 4) is 0 Å². The predicted molar refractivity (Wildman–Crippen MR) is 261 cm³/mol. The van der Waals surface area contributed by atoms with Crippen LogP contribution in [-0.4, -0.2) is 37.2 Å². The van der Waals surface area contributed by atoms with Crippen molar-refractivity contribution in [3.63, 3.8) is 0 Å². The van der Waals surface area contributed by atoms with Crippen LogP contribution in [-0.2, 0) is 28.6 Å². The third-order valence-electron chi connectivity index (χ3n) is 11.3. The van der Waals surface area contributed by atoms with Gasteiger partial charge in [0.05, 0.1) is 0 Å². The molecule has 354 valence electrons. The molecular formula is C55H98O6. The Kier molecular flexibility index (Phi) is 47.9. The molecule has 0 N–H and O–H groups in total. The van der Waals surface area contributed by atoms with Gasteiger partial charge in [0.25, 0.3) is 0 Å². The number of hydrogen-bond acceptors (Lipinski definition) is 6. The Balaban J connectivity index is 4.37. The summed E-state index contributed by atoms with van der Waals surface area (Å²) in [5.74, 6) is -0.916. The molecule has 0 aliphatic heterocycles. The highest BCUT2D eigenvalue weighted by atomic mass is 16.6. The molecule has 0 spiro atoms. The third kappa shape index (κ3) is 48.3. The Hall–Kier alpha value is -2.63. The van der Waals surface area contributed by atoms with E-state index in [1.165, 1.54) is 154 Å². The zero-order valence-corrected chi connectivity index (χ0v) is 40.4. The molecule has 0 heterocycles. The number of unbranched alkanes of at least 4 members (excludes halogenated alkanes) is 29. The molecule has 1 atom stereocenters. The molecule has 0 saturated heterocycles. The molecule has 0 rings (SSSR count). The summed E-state index contributed by atoms with van der Waals surface area (Å²) >= 11 is 0. The van der Waals surface area contributed by atoms with Crippen molar-refractivity contribution in [2.75, 3.05) is 13.2 Å². The fourth-order valence-electron chi connectivity index (χ4n) is 7.29. The number of carbonyl (C=O) groups excluding carboxylic acids is 3. The fraction of sp³-hybridized carbons (Fsp3) is 0.800. The van der Waals surface area contributed by atoms with Gasteiger partial charge in [0.2, 0.25) is 0 Å². The summed E-state index contributed by atoms with van der Waals surface area (Å²) in [6.45, 7) is 6.55. The van der Waals surface area contributed by atoms with Crippen molar-refractivity contribution in [1.29, 1.82) is 0 Å². The highest BCUT2D eigenvalue weighted by Gasteiger charge is 2.19. The van der Waals surface area contributed by atoms with Crippen LogP contribution in [0.3, 0.4) is 0 Å². The Labute approximate surface area is 378 Å². The molecule has 0 aliphatic rings. The van der Waals surface area contributed by atoms with Crippen LogP contribution in [0.15, 0.2) is 48.6 Å². The van der Waals surface area contributed by atoms with Crippen molar-refractivity contribution >= 4 is 17.9 Å². The molecule has 0 amide bonds. The number of ether oxygens (including phenoxy) is 3. The van der Waals surface area contributed by atoms with Gasteiger partial charge in [-0.3, -0.25) is 14.4 Å². The Morgan fingerprint density at radius 2 is 0.607 bits per heavy atom. The normalized spacial score (nSPS) is 12.4. The molecule has 0 aliphatic carbocycles. The lowest BCUT2D eigenvalue weighted by Crippen LogP contribution is -2.30. The SMILES string of the molecule is CCCC/C=C\C=C/CCCCCC(=O)OCC(COC(=O)CCCCCCCCC/C=C\CCCCCCCC)OC(=O)CCCCCCCCC/C=C\CCCCCC. The summed E-state index contributed by atoms with van der Waals surface area (Å²) in [5, 5.41) is 0. The molecule has 0 saturated carbocycles. The second kappa shape index (κ2) is 50.0. The van der Waals surface area contributed by atoms with E-state index in [0.29, 0.717) is 19.3 Å². The molecule has 0 radical (unpaired) electrons. The van der Waals surface area contributed by atoms with E-state index in [4.69, 9.17) is 14.2 Å². The number of esters is 3. The van der Waals surface area contributed by atoms with E-state index >= 15 is 0 Å². The number of rotatable bonds is 47. The lowest BCUT2D eigenvalue weighted by atomic mass is 10.1.